The molecule has 0 saturated carbocycles. The number of hydrogen-bond acceptors (Lipinski definition) is 10. The van der Waals surface area contributed by atoms with Gasteiger partial charge >= 0.3 is 0 Å². The topological polar surface area (TPSA) is 169 Å². The molecule has 316 valence electrons. The van der Waals surface area contributed by atoms with E-state index in [0.29, 0.717) is 55.2 Å². The molecule has 0 radical (unpaired) electrons. The number of hydrogen-bond donors (Lipinski definition) is 7. The molecule has 2 rings (SSSR count). The molecule has 0 amide bonds. The van der Waals surface area contributed by atoms with Crippen LogP contribution in [-0.2, 0) is 20.6 Å². The Hall–Kier alpha value is -3.38. The summed E-state index contributed by atoms with van der Waals surface area (Å²) in [7, 11) is 0. The number of ether oxygens (including phenoxy) is 3. The van der Waals surface area contributed by atoms with Crippen LogP contribution in [0.3, 0.4) is 0 Å². The zero-order chi connectivity index (χ0) is 42.4. The molecule has 10 nitrogen and oxygen atoms in total. The standard InChI is InChI=1S/C46H72O10/c1-13-18-40(43(51)45(53)46(26(4)5)56-38(15-3)41-35(14-2)30(9)31(10)42(50)44(41)52)54-25-34-19-16-17-20-36(48)29(8)24-37(49)28(7)23-27(6)21-22-39(32(11)47)55-33(34)12/h15-17,19,21,23,26,29,32,36-37,39-40,43,45-53H,12-14,18,20,22,24-25H2,1-11H3/b17-16+,27-21+,28-23+,34-19+,38-15?. The first kappa shape index (κ1) is 48.8. The summed E-state index contributed by atoms with van der Waals surface area (Å²) >= 11 is 0. The largest absolute Gasteiger partial charge is 0.504 e. The van der Waals surface area contributed by atoms with Gasteiger partial charge in [0, 0.05) is 12.0 Å². The van der Waals surface area contributed by atoms with E-state index in [4.69, 9.17) is 14.2 Å². The molecule has 9 atom stereocenters. The molecule has 0 aromatic heterocycles. The maximum atomic E-state index is 11.8. The summed E-state index contributed by atoms with van der Waals surface area (Å²) in [5.41, 5.74) is 4.79. The molecular weight excluding hydrogens is 712 g/mol. The van der Waals surface area contributed by atoms with Gasteiger partial charge in [0.05, 0.1) is 36.6 Å². The van der Waals surface area contributed by atoms with E-state index >= 15 is 0 Å². The fourth-order valence-electron chi connectivity index (χ4n) is 6.97. The second-order valence-corrected chi connectivity index (χ2v) is 15.8. The Balaban J connectivity index is 2.45. The number of aliphatic hydroxyl groups is 5. The lowest BCUT2D eigenvalue weighted by Crippen LogP contribution is -2.48. The molecular formula is C46H72O10. The molecule has 0 saturated heterocycles. The first-order chi connectivity index (χ1) is 26.3. The van der Waals surface area contributed by atoms with Gasteiger partial charge in [0.2, 0.25) is 0 Å². The van der Waals surface area contributed by atoms with Gasteiger partial charge in [0.1, 0.15) is 35.9 Å². The van der Waals surface area contributed by atoms with E-state index in [9.17, 15) is 35.7 Å². The van der Waals surface area contributed by atoms with Gasteiger partial charge < -0.3 is 50.0 Å². The minimum absolute atomic E-state index is 0.0466. The first-order valence-corrected chi connectivity index (χ1v) is 20.3. The van der Waals surface area contributed by atoms with Crippen LogP contribution in [0, 0.1) is 25.7 Å². The van der Waals surface area contributed by atoms with Gasteiger partial charge in [0.25, 0.3) is 0 Å². The maximum Gasteiger partial charge on any atom is 0.169 e. The van der Waals surface area contributed by atoms with Gasteiger partial charge in [-0.3, -0.25) is 0 Å². The van der Waals surface area contributed by atoms with Crippen LogP contribution in [0.15, 0.2) is 65.5 Å². The number of aliphatic hydroxyl groups excluding tert-OH is 5. The third-order valence-corrected chi connectivity index (χ3v) is 10.9. The molecule has 0 fully saturated rings. The quantitative estimate of drug-likeness (QED) is 0.0731. The molecule has 10 heteroatoms. The van der Waals surface area contributed by atoms with Crippen molar-refractivity contribution in [3.8, 4) is 11.5 Å². The zero-order valence-corrected chi connectivity index (χ0v) is 35.7. The van der Waals surface area contributed by atoms with Crippen LogP contribution < -0.4 is 0 Å². The fraction of sp³-hybridized carbons (Fsp3) is 0.609. The summed E-state index contributed by atoms with van der Waals surface area (Å²) in [4.78, 5) is 0. The lowest BCUT2D eigenvalue weighted by Gasteiger charge is -2.35. The lowest BCUT2D eigenvalue weighted by atomic mass is 9.91. The summed E-state index contributed by atoms with van der Waals surface area (Å²) in [5, 5.41) is 77.6. The highest BCUT2D eigenvalue weighted by Crippen LogP contribution is 2.43. The normalized spacial score (nSPS) is 27.0. The molecule has 1 aliphatic rings. The molecule has 1 heterocycles. The van der Waals surface area contributed by atoms with Crippen LogP contribution in [0.5, 0.6) is 11.5 Å². The van der Waals surface area contributed by atoms with Crippen molar-refractivity contribution in [2.75, 3.05) is 6.61 Å². The molecule has 0 aliphatic carbocycles. The van der Waals surface area contributed by atoms with Crippen LogP contribution in [-0.4, -0.2) is 91.2 Å². The van der Waals surface area contributed by atoms with E-state index < -0.39 is 48.8 Å². The fourth-order valence-corrected chi connectivity index (χ4v) is 6.97. The van der Waals surface area contributed by atoms with E-state index in [-0.39, 0.29) is 41.5 Å². The van der Waals surface area contributed by atoms with E-state index in [2.05, 4.69) is 6.58 Å². The predicted octanol–water partition coefficient (Wildman–Crippen LogP) is 7.78. The Labute approximate surface area is 336 Å². The van der Waals surface area contributed by atoms with E-state index in [1.807, 2.05) is 73.6 Å². The third-order valence-electron chi connectivity index (χ3n) is 10.9. The summed E-state index contributed by atoms with van der Waals surface area (Å²) in [5.74, 6) is -0.423. The Morgan fingerprint density at radius 2 is 1.64 bits per heavy atom. The second kappa shape index (κ2) is 23.1. The highest BCUT2D eigenvalue weighted by atomic mass is 16.5. The Bertz CT molecular complexity index is 1580. The number of phenolic OH excluding ortho intramolecular Hbond substituents is 2. The summed E-state index contributed by atoms with van der Waals surface area (Å²) in [6, 6.07) is 0. The highest BCUT2D eigenvalue weighted by molar-refractivity contribution is 5.74. The number of phenols is 2. The molecule has 1 aliphatic heterocycles. The van der Waals surface area contributed by atoms with E-state index in [0.717, 1.165) is 22.3 Å². The van der Waals surface area contributed by atoms with Crippen molar-refractivity contribution in [3.63, 3.8) is 0 Å². The molecule has 1 aromatic carbocycles. The first-order valence-electron chi connectivity index (χ1n) is 20.3. The Kier molecular flexibility index (Phi) is 20.1. The van der Waals surface area contributed by atoms with Crippen LogP contribution in [0.4, 0.5) is 0 Å². The molecule has 0 spiro atoms. The average molecular weight is 785 g/mol. The minimum Gasteiger partial charge on any atom is -0.504 e. The number of aromatic hydroxyl groups is 2. The van der Waals surface area contributed by atoms with Crippen molar-refractivity contribution >= 4 is 5.76 Å². The van der Waals surface area contributed by atoms with Gasteiger partial charge in [-0.1, -0.05) is 83.6 Å². The lowest BCUT2D eigenvalue weighted by molar-refractivity contribution is -0.130. The predicted molar refractivity (Wildman–Crippen MR) is 224 cm³/mol. The van der Waals surface area contributed by atoms with Crippen LogP contribution >= 0.6 is 0 Å². The van der Waals surface area contributed by atoms with E-state index in [1.165, 1.54) is 0 Å². The van der Waals surface area contributed by atoms with Gasteiger partial charge in [-0.2, -0.15) is 0 Å². The van der Waals surface area contributed by atoms with Crippen molar-refractivity contribution in [1.29, 1.82) is 0 Å². The monoisotopic (exact) mass is 785 g/mol. The molecule has 7 N–H and O–H groups in total. The molecule has 9 unspecified atom stereocenters. The Morgan fingerprint density at radius 1 is 0.982 bits per heavy atom. The van der Waals surface area contributed by atoms with Crippen molar-refractivity contribution in [3.05, 3.63) is 87.8 Å². The summed E-state index contributed by atoms with van der Waals surface area (Å²) in [6.45, 7) is 24.5. The number of rotatable bonds is 14. The Morgan fingerprint density at radius 3 is 2.21 bits per heavy atom. The van der Waals surface area contributed by atoms with Gasteiger partial charge in [-0.15, -0.1) is 0 Å². The van der Waals surface area contributed by atoms with Crippen molar-refractivity contribution in [1.82, 2.24) is 0 Å². The number of allylic oxidation sites excluding steroid dienone is 5. The van der Waals surface area contributed by atoms with Gasteiger partial charge in [-0.05, 0) is 107 Å². The smallest absolute Gasteiger partial charge is 0.169 e. The maximum absolute atomic E-state index is 11.8. The molecule has 1 aromatic rings. The average Bonchev–Trinajstić information content (AvgIpc) is 3.15. The summed E-state index contributed by atoms with van der Waals surface area (Å²) < 4.78 is 19.0. The van der Waals surface area contributed by atoms with Crippen molar-refractivity contribution in [2.24, 2.45) is 11.8 Å². The highest BCUT2D eigenvalue weighted by Gasteiger charge is 2.37. The summed E-state index contributed by atoms with van der Waals surface area (Å²) in [6.07, 6.45) is 6.19. The number of benzene rings is 1. The zero-order valence-electron chi connectivity index (χ0n) is 35.7. The minimum atomic E-state index is -1.40. The van der Waals surface area contributed by atoms with Crippen LogP contribution in [0.2, 0.25) is 0 Å². The van der Waals surface area contributed by atoms with Gasteiger partial charge in [0.15, 0.2) is 11.5 Å². The van der Waals surface area contributed by atoms with Crippen molar-refractivity contribution in [2.45, 2.75) is 164 Å². The molecule has 0 bridgehead atoms. The van der Waals surface area contributed by atoms with Crippen molar-refractivity contribution < 1.29 is 50.0 Å². The van der Waals surface area contributed by atoms with Gasteiger partial charge in [-0.25, -0.2) is 0 Å². The molecule has 56 heavy (non-hydrogen) atoms. The SMILES string of the molecule is C=C1OC(C(C)O)C/C=C(C)/C=C(\C)C(O)CC(C)C(O)C/C=C/C=C/1COC(CCC)C(O)C(O)C(OC(=CC)c1c(O)c(O)c(C)c(C)c1CC)C(C)C. The van der Waals surface area contributed by atoms with E-state index in [1.54, 1.807) is 39.0 Å². The van der Waals surface area contributed by atoms with Crippen LogP contribution in [0.25, 0.3) is 5.76 Å². The third kappa shape index (κ3) is 13.4. The second-order valence-electron chi connectivity index (χ2n) is 15.8. The van der Waals surface area contributed by atoms with Crippen LogP contribution in [0.1, 0.15) is 117 Å².